The molecule has 2 aromatic rings. The van der Waals surface area contributed by atoms with E-state index in [1.54, 1.807) is 0 Å². The molecule has 2 N–H and O–H groups in total. The van der Waals surface area contributed by atoms with Crippen LogP contribution in [0.3, 0.4) is 0 Å². The van der Waals surface area contributed by atoms with Crippen molar-refractivity contribution in [2.75, 3.05) is 6.54 Å². The van der Waals surface area contributed by atoms with Gasteiger partial charge < -0.3 is 5.73 Å². The van der Waals surface area contributed by atoms with Gasteiger partial charge in [0.2, 0.25) is 0 Å². The molecule has 102 valence electrons. The molecule has 0 fully saturated rings. The first kappa shape index (κ1) is 15.7. The summed E-state index contributed by atoms with van der Waals surface area (Å²) in [6, 6.07) is 21.2. The van der Waals surface area contributed by atoms with Gasteiger partial charge in [0.05, 0.1) is 0 Å². The fourth-order valence-electron chi connectivity index (χ4n) is 2.78. The van der Waals surface area contributed by atoms with Crippen LogP contribution in [0.5, 0.6) is 0 Å². The summed E-state index contributed by atoms with van der Waals surface area (Å²) in [5, 5.41) is 0. The number of hydrogen-bond donors (Lipinski definition) is 1. The van der Waals surface area contributed by atoms with Crippen LogP contribution in [0.1, 0.15) is 25.0 Å². The quantitative estimate of drug-likeness (QED) is 0.896. The minimum atomic E-state index is -0.0947. The average Bonchev–Trinajstić information content (AvgIpc) is 2.42. The van der Waals surface area contributed by atoms with E-state index in [0.717, 1.165) is 0 Å². The van der Waals surface area contributed by atoms with Gasteiger partial charge in [-0.05, 0) is 17.0 Å². The van der Waals surface area contributed by atoms with Crippen LogP contribution in [0.15, 0.2) is 60.7 Å². The number of rotatable bonds is 4. The Morgan fingerprint density at radius 2 is 1.21 bits per heavy atom. The summed E-state index contributed by atoms with van der Waals surface area (Å²) < 4.78 is 0. The highest BCUT2D eigenvalue weighted by atomic mass is 35.5. The third-order valence-corrected chi connectivity index (χ3v) is 3.89. The lowest BCUT2D eigenvalue weighted by Gasteiger charge is -2.38. The average molecular weight is 276 g/mol. The molecule has 0 amide bonds. The van der Waals surface area contributed by atoms with Gasteiger partial charge >= 0.3 is 0 Å². The van der Waals surface area contributed by atoms with Crippen LogP contribution in [0.25, 0.3) is 0 Å². The third-order valence-electron chi connectivity index (χ3n) is 3.89. The van der Waals surface area contributed by atoms with Crippen LogP contribution < -0.4 is 5.73 Å². The van der Waals surface area contributed by atoms with Gasteiger partial charge in [0.25, 0.3) is 0 Å². The fraction of sp³-hybridized carbons (Fsp3) is 0.294. The van der Waals surface area contributed by atoms with Crippen molar-refractivity contribution in [3.05, 3.63) is 71.8 Å². The van der Waals surface area contributed by atoms with Crippen molar-refractivity contribution >= 4 is 12.4 Å². The Balaban J connectivity index is 0.00000180. The number of nitrogens with two attached hydrogens (primary N) is 1. The summed E-state index contributed by atoms with van der Waals surface area (Å²) in [4.78, 5) is 0. The molecule has 0 spiro atoms. The first-order valence-corrected chi connectivity index (χ1v) is 6.53. The Morgan fingerprint density at radius 3 is 1.47 bits per heavy atom. The van der Waals surface area contributed by atoms with Gasteiger partial charge in [-0.3, -0.25) is 0 Å². The highest BCUT2D eigenvalue weighted by Gasteiger charge is 2.35. The first-order valence-electron chi connectivity index (χ1n) is 6.53. The molecule has 2 aromatic carbocycles. The predicted octanol–water partition coefficient (Wildman–Crippen LogP) is 4.01. The summed E-state index contributed by atoms with van der Waals surface area (Å²) in [5.41, 5.74) is 8.68. The van der Waals surface area contributed by atoms with Crippen molar-refractivity contribution in [3.63, 3.8) is 0 Å². The van der Waals surface area contributed by atoms with E-state index in [9.17, 15) is 0 Å². The molecular weight excluding hydrogens is 254 g/mol. The van der Waals surface area contributed by atoms with Crippen molar-refractivity contribution in [1.29, 1.82) is 0 Å². The van der Waals surface area contributed by atoms with Gasteiger partial charge in [0.1, 0.15) is 0 Å². The normalized spacial score (nSPS) is 11.2. The molecule has 0 radical (unpaired) electrons. The summed E-state index contributed by atoms with van der Waals surface area (Å²) >= 11 is 0. The van der Waals surface area contributed by atoms with Crippen LogP contribution in [0, 0.1) is 5.92 Å². The maximum Gasteiger partial charge on any atom is 0.0347 e. The molecule has 1 nitrogen and oxygen atoms in total. The Bertz CT molecular complexity index is 440. The van der Waals surface area contributed by atoms with Gasteiger partial charge in [-0.2, -0.15) is 0 Å². The van der Waals surface area contributed by atoms with E-state index in [1.807, 2.05) is 0 Å². The fourth-order valence-corrected chi connectivity index (χ4v) is 2.78. The maximum absolute atomic E-state index is 6.17. The molecular formula is C17H22ClN. The first-order chi connectivity index (χ1) is 8.71. The molecule has 0 aromatic heterocycles. The van der Waals surface area contributed by atoms with Crippen molar-refractivity contribution in [2.45, 2.75) is 19.3 Å². The van der Waals surface area contributed by atoms with Crippen LogP contribution in [0.2, 0.25) is 0 Å². The summed E-state index contributed by atoms with van der Waals surface area (Å²) in [6.45, 7) is 5.11. The van der Waals surface area contributed by atoms with Gasteiger partial charge in [-0.1, -0.05) is 74.5 Å². The number of halogens is 1. The second-order valence-corrected chi connectivity index (χ2v) is 5.06. The van der Waals surface area contributed by atoms with Crippen molar-refractivity contribution in [1.82, 2.24) is 0 Å². The zero-order chi connectivity index (χ0) is 13.0. The third kappa shape index (κ3) is 2.83. The molecule has 0 aliphatic heterocycles. The van der Waals surface area contributed by atoms with E-state index in [-0.39, 0.29) is 17.8 Å². The Labute approximate surface area is 122 Å². The van der Waals surface area contributed by atoms with E-state index in [1.165, 1.54) is 11.1 Å². The van der Waals surface area contributed by atoms with Crippen LogP contribution in [0.4, 0.5) is 0 Å². The molecule has 2 heteroatoms. The summed E-state index contributed by atoms with van der Waals surface area (Å²) in [7, 11) is 0. The Hall–Kier alpha value is -1.31. The molecule has 0 saturated heterocycles. The molecule has 0 bridgehead atoms. The molecule has 0 atom stereocenters. The zero-order valence-corrected chi connectivity index (χ0v) is 12.4. The molecule has 2 rings (SSSR count). The molecule has 19 heavy (non-hydrogen) atoms. The van der Waals surface area contributed by atoms with E-state index in [2.05, 4.69) is 74.5 Å². The minimum absolute atomic E-state index is 0. The monoisotopic (exact) mass is 275 g/mol. The summed E-state index contributed by atoms with van der Waals surface area (Å²) in [6.07, 6.45) is 0. The largest absolute Gasteiger partial charge is 0.329 e. The number of hydrogen-bond acceptors (Lipinski definition) is 1. The van der Waals surface area contributed by atoms with E-state index >= 15 is 0 Å². The summed E-state index contributed by atoms with van der Waals surface area (Å²) in [5.74, 6) is 0.451. The van der Waals surface area contributed by atoms with Crippen molar-refractivity contribution in [2.24, 2.45) is 11.7 Å². The van der Waals surface area contributed by atoms with Gasteiger partial charge in [-0.15, -0.1) is 12.4 Å². The zero-order valence-electron chi connectivity index (χ0n) is 11.5. The van der Waals surface area contributed by atoms with Crippen LogP contribution in [-0.2, 0) is 5.41 Å². The lowest BCUT2D eigenvalue weighted by atomic mass is 9.67. The standard InChI is InChI=1S/C17H21N.ClH/c1-14(2)17(13-18,15-9-5-3-6-10-15)16-11-7-4-8-12-16;/h3-12,14H,13,18H2,1-2H3;1H. The van der Waals surface area contributed by atoms with Crippen LogP contribution in [-0.4, -0.2) is 6.54 Å². The predicted molar refractivity (Wildman–Crippen MR) is 84.8 cm³/mol. The Morgan fingerprint density at radius 1 is 0.842 bits per heavy atom. The molecule has 0 saturated carbocycles. The van der Waals surface area contributed by atoms with Gasteiger partial charge in [0.15, 0.2) is 0 Å². The SMILES string of the molecule is CC(C)C(CN)(c1ccccc1)c1ccccc1.Cl. The maximum atomic E-state index is 6.17. The molecule has 0 aliphatic carbocycles. The van der Waals surface area contributed by atoms with Gasteiger partial charge in [0, 0.05) is 12.0 Å². The highest BCUT2D eigenvalue weighted by molar-refractivity contribution is 5.85. The topological polar surface area (TPSA) is 26.0 Å². The van der Waals surface area contributed by atoms with E-state index in [0.29, 0.717) is 12.5 Å². The molecule has 0 unspecified atom stereocenters. The van der Waals surface area contributed by atoms with Crippen molar-refractivity contribution < 1.29 is 0 Å². The lowest BCUT2D eigenvalue weighted by molar-refractivity contribution is 0.379. The lowest BCUT2D eigenvalue weighted by Crippen LogP contribution is -2.41. The second-order valence-electron chi connectivity index (χ2n) is 5.06. The highest BCUT2D eigenvalue weighted by Crippen LogP contribution is 2.38. The van der Waals surface area contributed by atoms with Crippen LogP contribution >= 0.6 is 12.4 Å². The molecule has 0 heterocycles. The Kier molecular flexibility index (Phi) is 5.59. The number of benzene rings is 2. The molecule has 0 aliphatic rings. The van der Waals surface area contributed by atoms with E-state index < -0.39 is 0 Å². The minimum Gasteiger partial charge on any atom is -0.329 e. The van der Waals surface area contributed by atoms with E-state index in [4.69, 9.17) is 5.73 Å². The smallest absolute Gasteiger partial charge is 0.0347 e. The second kappa shape index (κ2) is 6.74. The van der Waals surface area contributed by atoms with Gasteiger partial charge in [-0.25, -0.2) is 0 Å². The van der Waals surface area contributed by atoms with Crippen molar-refractivity contribution in [3.8, 4) is 0 Å².